The third-order valence-corrected chi connectivity index (χ3v) is 13.4. The molecular formula is C46H47BN2S. The molecule has 0 radical (unpaired) electrons. The fourth-order valence-corrected chi connectivity index (χ4v) is 10.4. The lowest BCUT2D eigenvalue weighted by atomic mass is 9.35. The Bertz CT molecular complexity index is 2370. The Morgan fingerprint density at radius 2 is 1.18 bits per heavy atom. The van der Waals surface area contributed by atoms with Crippen LogP contribution in [0.1, 0.15) is 89.1 Å². The average molecular weight is 671 g/mol. The number of nitrogens with zero attached hydrogens (tertiary/aromatic N) is 2. The van der Waals surface area contributed by atoms with Gasteiger partial charge in [0.1, 0.15) is 0 Å². The molecule has 0 spiro atoms. The minimum Gasteiger partial charge on any atom is -0.311 e. The summed E-state index contributed by atoms with van der Waals surface area (Å²) in [5.74, 6) is 0. The summed E-state index contributed by atoms with van der Waals surface area (Å²) in [7, 11) is 0. The van der Waals surface area contributed by atoms with Gasteiger partial charge in [0.15, 0.2) is 0 Å². The Morgan fingerprint density at radius 3 is 1.80 bits per heavy atom. The summed E-state index contributed by atoms with van der Waals surface area (Å²) in [4.78, 5) is 5.21. The second-order valence-corrected chi connectivity index (χ2v) is 18.5. The summed E-state index contributed by atoms with van der Waals surface area (Å²) >= 11 is 2.00. The molecule has 0 saturated carbocycles. The first kappa shape index (κ1) is 31.7. The van der Waals surface area contributed by atoms with E-state index in [2.05, 4.69) is 169 Å². The largest absolute Gasteiger partial charge is 0.311 e. The van der Waals surface area contributed by atoms with E-state index in [9.17, 15) is 0 Å². The molecule has 250 valence electrons. The van der Waals surface area contributed by atoms with Gasteiger partial charge in [0.2, 0.25) is 0 Å². The monoisotopic (exact) mass is 670 g/mol. The molecule has 1 aliphatic carbocycles. The molecule has 6 aromatic rings. The van der Waals surface area contributed by atoms with Crippen LogP contribution in [0.4, 0.5) is 34.1 Å². The Hall–Kier alpha value is -4.28. The standard InChI is InChI=1S/C46H47BN2S/c1-28-15-10-12-17-35(28)48-37-19-14-20-38-41(37)47(34-26-32-33(27-39(34)48)46(8,9)24-23-45(32,6)7)43-42(49(38)36-18-13-11-16-29(36)2)31-25-30(44(3,4)5)21-22-40(31)50-43/h10-22,25-27H,23-24H2,1-9H3. The Labute approximate surface area is 302 Å². The van der Waals surface area contributed by atoms with Crippen LogP contribution in [0.25, 0.3) is 10.1 Å². The van der Waals surface area contributed by atoms with Gasteiger partial charge >= 0.3 is 0 Å². The predicted octanol–water partition coefficient (Wildman–Crippen LogP) is 11.2. The van der Waals surface area contributed by atoms with Gasteiger partial charge in [-0.05, 0) is 124 Å². The molecule has 1 aromatic heterocycles. The quantitative estimate of drug-likeness (QED) is 0.169. The highest BCUT2D eigenvalue weighted by atomic mass is 32.1. The van der Waals surface area contributed by atoms with Crippen LogP contribution in [-0.4, -0.2) is 6.71 Å². The van der Waals surface area contributed by atoms with Crippen molar-refractivity contribution in [3.8, 4) is 0 Å². The van der Waals surface area contributed by atoms with Crippen molar-refractivity contribution < 1.29 is 0 Å². The zero-order valence-corrected chi connectivity index (χ0v) is 31.8. The van der Waals surface area contributed by atoms with Gasteiger partial charge in [-0.25, -0.2) is 0 Å². The van der Waals surface area contributed by atoms with Gasteiger partial charge in [0.25, 0.3) is 6.71 Å². The number of hydrogen-bond acceptors (Lipinski definition) is 3. The molecule has 0 saturated heterocycles. The Kier molecular flexibility index (Phi) is 6.73. The molecule has 0 N–H and O–H groups in total. The predicted molar refractivity (Wildman–Crippen MR) is 219 cm³/mol. The van der Waals surface area contributed by atoms with Gasteiger partial charge in [-0.2, -0.15) is 0 Å². The molecule has 0 amide bonds. The number of para-hydroxylation sites is 2. The molecule has 0 fully saturated rings. The third-order valence-electron chi connectivity index (χ3n) is 12.1. The lowest BCUT2D eigenvalue weighted by Crippen LogP contribution is -2.61. The van der Waals surface area contributed by atoms with Crippen LogP contribution in [0.5, 0.6) is 0 Å². The van der Waals surface area contributed by atoms with Crippen molar-refractivity contribution in [1.82, 2.24) is 0 Å². The van der Waals surface area contributed by atoms with E-state index in [1.807, 2.05) is 11.3 Å². The van der Waals surface area contributed by atoms with E-state index >= 15 is 0 Å². The molecule has 5 aromatic carbocycles. The zero-order chi connectivity index (χ0) is 34.9. The molecule has 50 heavy (non-hydrogen) atoms. The van der Waals surface area contributed by atoms with E-state index < -0.39 is 0 Å². The molecule has 0 atom stereocenters. The van der Waals surface area contributed by atoms with Gasteiger partial charge in [0, 0.05) is 43.3 Å². The van der Waals surface area contributed by atoms with Gasteiger partial charge in [-0.15, -0.1) is 11.3 Å². The van der Waals surface area contributed by atoms with Gasteiger partial charge in [-0.3, -0.25) is 0 Å². The number of benzene rings is 5. The van der Waals surface area contributed by atoms with E-state index in [0.29, 0.717) is 0 Å². The van der Waals surface area contributed by atoms with Crippen LogP contribution < -0.4 is 25.5 Å². The molecule has 3 heterocycles. The van der Waals surface area contributed by atoms with Crippen LogP contribution in [0.3, 0.4) is 0 Å². The highest BCUT2D eigenvalue weighted by Gasteiger charge is 2.47. The maximum Gasteiger partial charge on any atom is 0.264 e. The number of aryl methyl sites for hydroxylation is 2. The van der Waals surface area contributed by atoms with Crippen molar-refractivity contribution in [3.63, 3.8) is 0 Å². The van der Waals surface area contributed by atoms with Crippen LogP contribution in [0, 0.1) is 13.8 Å². The first-order valence-electron chi connectivity index (χ1n) is 18.4. The first-order valence-corrected chi connectivity index (χ1v) is 19.2. The summed E-state index contributed by atoms with van der Waals surface area (Å²) in [6.07, 6.45) is 2.40. The lowest BCUT2D eigenvalue weighted by molar-refractivity contribution is 0.332. The van der Waals surface area contributed by atoms with Gasteiger partial charge in [0.05, 0.1) is 5.69 Å². The molecule has 4 heteroatoms. The average Bonchev–Trinajstić information content (AvgIpc) is 3.45. The summed E-state index contributed by atoms with van der Waals surface area (Å²) < 4.78 is 2.81. The number of anilines is 6. The number of thiophene rings is 1. The second-order valence-electron chi connectivity index (χ2n) is 17.4. The molecule has 9 rings (SSSR count). The van der Waals surface area contributed by atoms with E-state index in [0.717, 1.165) is 0 Å². The van der Waals surface area contributed by atoms with Crippen LogP contribution >= 0.6 is 11.3 Å². The zero-order valence-electron chi connectivity index (χ0n) is 31.0. The van der Waals surface area contributed by atoms with Crippen molar-refractivity contribution in [3.05, 3.63) is 125 Å². The fraction of sp³-hybridized carbons (Fsp3) is 0.304. The van der Waals surface area contributed by atoms with E-state index in [1.54, 1.807) is 0 Å². The molecule has 2 nitrogen and oxygen atoms in total. The topological polar surface area (TPSA) is 6.48 Å². The maximum absolute atomic E-state index is 2.65. The second kappa shape index (κ2) is 10.6. The van der Waals surface area contributed by atoms with Crippen molar-refractivity contribution in [2.45, 2.75) is 91.4 Å². The van der Waals surface area contributed by atoms with Crippen molar-refractivity contribution in [2.24, 2.45) is 0 Å². The molecule has 0 bridgehead atoms. The summed E-state index contributed by atoms with van der Waals surface area (Å²) in [6.45, 7) is 21.5. The SMILES string of the molecule is Cc1ccccc1N1c2cc3c(cc2B2c4sc5ccc(C(C)(C)C)cc5c4N(c4ccccc4C)c4cccc1c42)C(C)(C)CCC3(C)C. The highest BCUT2D eigenvalue weighted by molar-refractivity contribution is 7.33. The van der Waals surface area contributed by atoms with Crippen LogP contribution in [0.15, 0.2) is 97.1 Å². The van der Waals surface area contributed by atoms with Crippen molar-refractivity contribution in [2.75, 3.05) is 9.80 Å². The lowest BCUT2D eigenvalue weighted by Gasteiger charge is -2.47. The molecule has 2 aliphatic heterocycles. The number of fused-ring (bicyclic) bond motifs is 7. The minimum absolute atomic E-state index is 0.0547. The van der Waals surface area contributed by atoms with Gasteiger partial charge in [-0.1, -0.05) is 103 Å². The van der Waals surface area contributed by atoms with Crippen molar-refractivity contribution >= 4 is 78.0 Å². The summed E-state index contributed by atoms with van der Waals surface area (Å²) in [5, 5.41) is 1.36. The highest BCUT2D eigenvalue weighted by Crippen LogP contribution is 2.52. The molecular weight excluding hydrogens is 623 g/mol. The van der Waals surface area contributed by atoms with E-state index in [-0.39, 0.29) is 23.0 Å². The first-order chi connectivity index (χ1) is 23.8. The number of hydrogen-bond donors (Lipinski definition) is 0. The smallest absolute Gasteiger partial charge is 0.264 e. The van der Waals surface area contributed by atoms with E-state index in [1.165, 1.54) is 101 Å². The minimum atomic E-state index is 0.0547. The van der Waals surface area contributed by atoms with Gasteiger partial charge < -0.3 is 9.80 Å². The van der Waals surface area contributed by atoms with E-state index in [4.69, 9.17) is 0 Å². The van der Waals surface area contributed by atoms with Crippen LogP contribution in [0.2, 0.25) is 0 Å². The molecule has 0 unspecified atom stereocenters. The summed E-state index contributed by atoms with van der Waals surface area (Å²) in [5.41, 5.74) is 17.9. The maximum atomic E-state index is 2.65. The molecule has 3 aliphatic rings. The number of rotatable bonds is 2. The third kappa shape index (κ3) is 4.46. The Morgan fingerprint density at radius 1 is 0.620 bits per heavy atom. The van der Waals surface area contributed by atoms with Crippen LogP contribution in [-0.2, 0) is 16.2 Å². The normalized spacial score (nSPS) is 16.9. The van der Waals surface area contributed by atoms with Crippen molar-refractivity contribution in [1.29, 1.82) is 0 Å². The summed E-state index contributed by atoms with van der Waals surface area (Å²) in [6, 6.07) is 37.4. The fourth-order valence-electron chi connectivity index (χ4n) is 9.08. The Balaban J connectivity index is 1.44.